The van der Waals surface area contributed by atoms with Gasteiger partial charge in [-0.2, -0.15) is 27.0 Å². The number of rotatable bonds is 5. The average molecular weight is 689 g/mol. The van der Waals surface area contributed by atoms with Gasteiger partial charge in [0.2, 0.25) is 0 Å². The van der Waals surface area contributed by atoms with Gasteiger partial charge in [0, 0.05) is 11.1 Å². The molecule has 0 saturated carbocycles. The molecule has 4 unspecified atom stereocenters. The zero-order valence-corrected chi connectivity index (χ0v) is 26.3. The molecule has 4 aromatic rings. The zero-order chi connectivity index (χ0) is 34.8. The molecule has 48 heavy (non-hydrogen) atoms. The highest BCUT2D eigenvalue weighted by Crippen LogP contribution is 2.48. The van der Waals surface area contributed by atoms with Gasteiger partial charge in [-0.15, -0.1) is 0 Å². The molecule has 0 fully saturated rings. The Kier molecular flexibility index (Phi) is 7.70. The molecule has 16 heteroatoms. The summed E-state index contributed by atoms with van der Waals surface area (Å²) in [6.45, 7) is 0. The molecule has 0 saturated heterocycles. The Morgan fingerprint density at radius 3 is 1.17 bits per heavy atom. The van der Waals surface area contributed by atoms with Crippen molar-refractivity contribution in [1.29, 1.82) is 10.8 Å². The summed E-state index contributed by atoms with van der Waals surface area (Å²) in [5, 5.41) is 46.5. The smallest absolute Gasteiger partial charge is 0.282 e. The summed E-state index contributed by atoms with van der Waals surface area (Å²) in [5.74, 6) is 10.9. The van der Waals surface area contributed by atoms with E-state index < -0.39 is 53.4 Å². The van der Waals surface area contributed by atoms with Gasteiger partial charge < -0.3 is 21.9 Å². The summed E-state index contributed by atoms with van der Waals surface area (Å²) in [4.78, 5) is 0. The van der Waals surface area contributed by atoms with Crippen molar-refractivity contribution in [3.63, 3.8) is 0 Å². The molecule has 0 spiro atoms. The molecule has 0 bridgehead atoms. The van der Waals surface area contributed by atoms with E-state index in [-0.39, 0.29) is 44.8 Å². The number of hydrogen-bond acceptors (Lipinski definition) is 12. The van der Waals surface area contributed by atoms with Crippen LogP contribution in [-0.2, 0) is 29.7 Å². The molecule has 0 aromatic heterocycles. The number of nitrogens with one attached hydrogen (secondary N) is 2. The lowest BCUT2D eigenvalue weighted by Crippen LogP contribution is -2.57. The summed E-state index contributed by atoms with van der Waals surface area (Å²) >= 11 is 0. The number of hydrogen-bond donors (Lipinski definition) is 8. The summed E-state index contributed by atoms with van der Waals surface area (Å²) in [6, 6.07) is 23.3. The van der Waals surface area contributed by atoms with Gasteiger partial charge in [0.05, 0.1) is 11.4 Å². The van der Waals surface area contributed by atoms with Crippen molar-refractivity contribution >= 4 is 43.1 Å². The molecular formula is C32H28N6O8S2. The molecule has 14 nitrogen and oxygen atoms in total. The van der Waals surface area contributed by atoms with E-state index in [9.17, 15) is 36.2 Å². The van der Waals surface area contributed by atoms with Crippen molar-refractivity contribution in [2.24, 2.45) is 21.9 Å². The number of fused-ring (bicyclic) bond motifs is 2. The number of benzene rings is 4. The lowest BCUT2D eigenvalue weighted by molar-refractivity contribution is 0.196. The van der Waals surface area contributed by atoms with Crippen molar-refractivity contribution in [1.82, 2.24) is 0 Å². The maximum atomic E-state index is 13.2. The van der Waals surface area contributed by atoms with Crippen LogP contribution in [0.5, 0.6) is 0 Å². The fourth-order valence-corrected chi connectivity index (χ4v) is 9.42. The number of hydrazone groups is 2. The van der Waals surface area contributed by atoms with E-state index in [4.69, 9.17) is 22.5 Å². The molecule has 2 aliphatic carbocycles. The van der Waals surface area contributed by atoms with Gasteiger partial charge >= 0.3 is 0 Å². The van der Waals surface area contributed by atoms with Crippen molar-refractivity contribution in [3.05, 3.63) is 130 Å². The molecule has 0 heterocycles. The Morgan fingerprint density at radius 1 is 0.562 bits per heavy atom. The second kappa shape index (κ2) is 11.3. The number of aliphatic hydroxyl groups is 2. The maximum Gasteiger partial charge on any atom is 0.282 e. The van der Waals surface area contributed by atoms with Crippen LogP contribution in [0.15, 0.2) is 107 Å². The lowest BCUT2D eigenvalue weighted by Gasteiger charge is -2.41. The van der Waals surface area contributed by atoms with Crippen LogP contribution in [0.1, 0.15) is 33.4 Å². The number of nitrogens with zero attached hydrogens (tertiary/aromatic N) is 2. The average Bonchev–Trinajstić information content (AvgIpc) is 3.05. The molecule has 0 aliphatic heterocycles. The van der Waals surface area contributed by atoms with Crippen molar-refractivity contribution in [2.75, 3.05) is 0 Å². The Hall–Kier alpha value is -5.10. The molecule has 0 amide bonds. The third-order valence-corrected chi connectivity index (χ3v) is 12.0. The van der Waals surface area contributed by atoms with Crippen molar-refractivity contribution in [2.45, 2.75) is 21.7 Å². The lowest BCUT2D eigenvalue weighted by atomic mass is 9.73. The number of aliphatic hydroxyl groups excluding tert-OH is 2. The summed E-state index contributed by atoms with van der Waals surface area (Å²) in [7, 11) is -10.3. The van der Waals surface area contributed by atoms with Crippen LogP contribution < -0.4 is 11.7 Å². The third-order valence-electron chi connectivity index (χ3n) is 9.05. The Morgan fingerprint density at radius 2 is 0.875 bits per heavy atom. The first kappa shape index (κ1) is 32.8. The molecule has 10 N–H and O–H groups in total. The second-order valence-electron chi connectivity index (χ2n) is 11.3. The summed E-state index contributed by atoms with van der Waals surface area (Å²) in [5.41, 5.74) is -0.510. The predicted molar refractivity (Wildman–Crippen MR) is 178 cm³/mol. The SMILES string of the molecule is N=C1/C(=N/N)C(O)C(c2ccc(-c3ccc(C4(S(=O)(=O)O)c5ccccc5C(=N)/C(=N\N)C4O)cc3)cc2)(S(=O)(=O)O)c2ccccc21. The Balaban J connectivity index is 1.48. The minimum absolute atomic E-state index is 0.0511. The normalized spacial score (nSPS) is 25.9. The molecule has 4 atom stereocenters. The highest BCUT2D eigenvalue weighted by Gasteiger charge is 2.60. The second-order valence-corrected chi connectivity index (χ2v) is 14.4. The first-order chi connectivity index (χ1) is 22.7. The third kappa shape index (κ3) is 4.31. The van der Waals surface area contributed by atoms with Crippen molar-refractivity contribution < 1.29 is 36.2 Å². The molecule has 246 valence electrons. The Labute approximate surface area is 274 Å². The van der Waals surface area contributed by atoms with Gasteiger partial charge in [-0.25, -0.2) is 0 Å². The zero-order valence-electron chi connectivity index (χ0n) is 24.7. The largest absolute Gasteiger partial charge is 0.384 e. The first-order valence-electron chi connectivity index (χ1n) is 14.1. The minimum atomic E-state index is -5.15. The van der Waals surface area contributed by atoms with Gasteiger partial charge in [-0.1, -0.05) is 97.1 Å². The Bertz CT molecular complexity index is 2130. The molecule has 2 aliphatic rings. The fraction of sp³-hybridized carbons (Fsp3) is 0.125. The molecule has 4 aromatic carbocycles. The topological polar surface area (TPSA) is 274 Å². The van der Waals surface area contributed by atoms with Crippen LogP contribution in [0.25, 0.3) is 11.1 Å². The van der Waals surface area contributed by atoms with E-state index in [1.165, 1.54) is 84.9 Å². The van der Waals surface area contributed by atoms with Crippen LogP contribution in [0.3, 0.4) is 0 Å². The van der Waals surface area contributed by atoms with Crippen LogP contribution in [0, 0.1) is 10.8 Å². The van der Waals surface area contributed by atoms with Gasteiger partial charge in [0.1, 0.15) is 23.6 Å². The maximum absolute atomic E-state index is 13.2. The van der Waals surface area contributed by atoms with Crippen LogP contribution in [-0.4, -0.2) is 71.2 Å². The van der Waals surface area contributed by atoms with E-state index in [2.05, 4.69) is 10.2 Å². The van der Waals surface area contributed by atoms with E-state index in [0.29, 0.717) is 11.1 Å². The number of nitrogens with two attached hydrogens (primary N) is 2. The fourth-order valence-electron chi connectivity index (χ4n) is 6.85. The standard InChI is InChI=1S/C32H28N6O8S2/c33-25-21-5-1-3-7-23(21)31(47(41,42)43,29(39)27(25)37-35)19-13-9-17(10-14-19)18-11-15-20(16-12-18)32(48(44,45)46)24-8-4-2-6-22(24)26(34)28(38-36)30(32)40/h1-16,29-30,33-34,39-40H,35-36H2,(H,41,42,43)(H,44,45,46)/b33-25?,34-26?,37-27-,38-28+. The van der Waals surface area contributed by atoms with Gasteiger partial charge in [0.25, 0.3) is 20.2 Å². The first-order valence-corrected chi connectivity index (χ1v) is 17.0. The molecular weight excluding hydrogens is 661 g/mol. The van der Waals surface area contributed by atoms with Gasteiger partial charge in [-0.3, -0.25) is 19.9 Å². The van der Waals surface area contributed by atoms with Crippen LogP contribution in [0.2, 0.25) is 0 Å². The monoisotopic (exact) mass is 688 g/mol. The van der Waals surface area contributed by atoms with Crippen molar-refractivity contribution in [3.8, 4) is 11.1 Å². The highest BCUT2D eigenvalue weighted by atomic mass is 32.2. The van der Waals surface area contributed by atoms with Gasteiger partial charge in [-0.05, 0) is 33.4 Å². The van der Waals surface area contributed by atoms with E-state index >= 15 is 0 Å². The molecule has 0 radical (unpaired) electrons. The summed E-state index contributed by atoms with van der Waals surface area (Å²) < 4.78 is 69.1. The predicted octanol–water partition coefficient (Wildman–Crippen LogP) is 1.73. The summed E-state index contributed by atoms with van der Waals surface area (Å²) in [6.07, 6.45) is -4.09. The van der Waals surface area contributed by atoms with Gasteiger partial charge in [0.15, 0.2) is 9.49 Å². The van der Waals surface area contributed by atoms with E-state index in [0.717, 1.165) is 0 Å². The van der Waals surface area contributed by atoms with E-state index in [1.54, 1.807) is 12.1 Å². The minimum Gasteiger partial charge on any atom is -0.384 e. The van der Waals surface area contributed by atoms with Crippen LogP contribution in [0.4, 0.5) is 0 Å². The van der Waals surface area contributed by atoms with Crippen LogP contribution >= 0.6 is 0 Å². The highest BCUT2D eigenvalue weighted by molar-refractivity contribution is 7.87. The quantitative estimate of drug-likeness (QED) is 0.0854. The molecule has 6 rings (SSSR count). The van der Waals surface area contributed by atoms with E-state index in [1.807, 2.05) is 0 Å².